The third kappa shape index (κ3) is 4.14. The first-order chi connectivity index (χ1) is 8.58. The Morgan fingerprint density at radius 1 is 1.42 bits per heavy atom. The van der Waals surface area contributed by atoms with E-state index in [0.29, 0.717) is 0 Å². The van der Waals surface area contributed by atoms with E-state index in [2.05, 4.69) is 0 Å². The minimum atomic E-state index is -3.86. The van der Waals surface area contributed by atoms with Crippen molar-refractivity contribution in [3.05, 3.63) is 29.0 Å². The quantitative estimate of drug-likeness (QED) is 0.907. The van der Waals surface area contributed by atoms with Gasteiger partial charge in [0.2, 0.25) is 10.0 Å². The molecule has 0 unspecified atom stereocenters. The van der Waals surface area contributed by atoms with Crippen LogP contribution in [0.25, 0.3) is 0 Å². The summed E-state index contributed by atoms with van der Waals surface area (Å²) in [6.07, 6.45) is 0. The summed E-state index contributed by atoms with van der Waals surface area (Å²) in [5, 5.41) is 9.57. The number of aliphatic hydroxyl groups is 1. The lowest BCUT2D eigenvalue weighted by molar-refractivity contribution is 0.0601. The Labute approximate surface area is 117 Å². The molecule has 1 aromatic carbocycles. The summed E-state index contributed by atoms with van der Waals surface area (Å²) >= 11 is 5.78. The van der Waals surface area contributed by atoms with Gasteiger partial charge in [-0.3, -0.25) is 0 Å². The normalized spacial score (nSPS) is 13.0. The van der Waals surface area contributed by atoms with Crippen LogP contribution in [0.5, 0.6) is 0 Å². The number of benzene rings is 1. The van der Waals surface area contributed by atoms with Gasteiger partial charge in [0, 0.05) is 13.1 Å². The molecule has 0 fully saturated rings. The van der Waals surface area contributed by atoms with Crippen LogP contribution in [0.3, 0.4) is 0 Å². The molecular weight excluding hydrogens is 293 g/mol. The maximum Gasteiger partial charge on any atom is 0.244 e. The highest BCUT2D eigenvalue weighted by atomic mass is 35.5. The predicted octanol–water partition coefficient (Wildman–Crippen LogP) is 2.26. The molecule has 1 rings (SSSR count). The number of halogens is 2. The molecule has 0 saturated carbocycles. The fraction of sp³-hybridized carbons (Fsp3) is 0.500. The molecule has 0 amide bonds. The van der Waals surface area contributed by atoms with Gasteiger partial charge in [-0.05, 0) is 32.0 Å². The standard InChI is InChI=1S/C12H17ClFNO3S/c1-4-15(8-12(2,3)16)19(17,18)11-6-5-9(14)7-10(11)13/h5-7,16H,4,8H2,1-3H3. The highest BCUT2D eigenvalue weighted by Gasteiger charge is 2.29. The number of nitrogens with zero attached hydrogens (tertiary/aromatic N) is 1. The highest BCUT2D eigenvalue weighted by Crippen LogP contribution is 2.26. The van der Waals surface area contributed by atoms with Crippen molar-refractivity contribution in [1.29, 1.82) is 0 Å². The van der Waals surface area contributed by atoms with Gasteiger partial charge in [0.1, 0.15) is 10.7 Å². The molecule has 0 spiro atoms. The Morgan fingerprint density at radius 2 is 2.00 bits per heavy atom. The molecule has 0 aliphatic carbocycles. The van der Waals surface area contributed by atoms with E-state index in [1.807, 2.05) is 0 Å². The first kappa shape index (κ1) is 16.4. The van der Waals surface area contributed by atoms with E-state index < -0.39 is 21.4 Å². The highest BCUT2D eigenvalue weighted by molar-refractivity contribution is 7.89. The van der Waals surface area contributed by atoms with Gasteiger partial charge in [0.25, 0.3) is 0 Å². The van der Waals surface area contributed by atoms with Crippen molar-refractivity contribution < 1.29 is 17.9 Å². The predicted molar refractivity (Wildman–Crippen MR) is 72.1 cm³/mol. The summed E-state index contributed by atoms with van der Waals surface area (Å²) in [5.41, 5.74) is -1.17. The summed E-state index contributed by atoms with van der Waals surface area (Å²) in [6.45, 7) is 4.79. The summed E-state index contributed by atoms with van der Waals surface area (Å²) < 4.78 is 38.8. The number of likely N-dealkylation sites (N-methyl/N-ethyl adjacent to an activating group) is 1. The van der Waals surface area contributed by atoms with Crippen LogP contribution >= 0.6 is 11.6 Å². The van der Waals surface area contributed by atoms with Crippen LogP contribution in [0.1, 0.15) is 20.8 Å². The Morgan fingerprint density at radius 3 is 2.42 bits per heavy atom. The largest absolute Gasteiger partial charge is 0.389 e. The molecule has 0 heterocycles. The van der Waals surface area contributed by atoms with Crippen LogP contribution < -0.4 is 0 Å². The zero-order valence-corrected chi connectivity index (χ0v) is 12.6. The lowest BCUT2D eigenvalue weighted by Crippen LogP contribution is -2.42. The molecule has 0 saturated heterocycles. The van der Waals surface area contributed by atoms with Crippen molar-refractivity contribution in [1.82, 2.24) is 4.31 Å². The topological polar surface area (TPSA) is 57.6 Å². The smallest absolute Gasteiger partial charge is 0.244 e. The Balaban J connectivity index is 3.21. The van der Waals surface area contributed by atoms with Crippen LogP contribution in [0, 0.1) is 5.82 Å². The second kappa shape index (κ2) is 5.75. The van der Waals surface area contributed by atoms with Crippen LogP contribution in [0.2, 0.25) is 5.02 Å². The summed E-state index contributed by atoms with van der Waals surface area (Å²) in [4.78, 5) is -0.165. The van der Waals surface area contributed by atoms with Crippen molar-refractivity contribution in [2.24, 2.45) is 0 Å². The van der Waals surface area contributed by atoms with Gasteiger partial charge in [0.15, 0.2) is 0 Å². The fourth-order valence-electron chi connectivity index (χ4n) is 1.62. The summed E-state index contributed by atoms with van der Waals surface area (Å²) in [7, 11) is -3.86. The summed E-state index contributed by atoms with van der Waals surface area (Å²) in [5.74, 6) is -0.602. The molecule has 1 N–H and O–H groups in total. The fourth-order valence-corrected chi connectivity index (χ4v) is 3.73. The zero-order chi connectivity index (χ0) is 14.8. The van der Waals surface area contributed by atoms with E-state index in [9.17, 15) is 17.9 Å². The van der Waals surface area contributed by atoms with Crippen LogP contribution in [0.15, 0.2) is 23.1 Å². The van der Waals surface area contributed by atoms with E-state index >= 15 is 0 Å². The van der Waals surface area contributed by atoms with Crippen LogP contribution in [0.4, 0.5) is 4.39 Å². The summed E-state index contributed by atoms with van der Waals surface area (Å²) in [6, 6.07) is 3.11. The van der Waals surface area contributed by atoms with Gasteiger partial charge in [-0.25, -0.2) is 12.8 Å². The van der Waals surface area contributed by atoms with E-state index in [4.69, 9.17) is 11.6 Å². The van der Waals surface area contributed by atoms with Gasteiger partial charge < -0.3 is 5.11 Å². The van der Waals surface area contributed by atoms with E-state index in [1.165, 1.54) is 13.8 Å². The van der Waals surface area contributed by atoms with Crippen molar-refractivity contribution in [2.45, 2.75) is 31.3 Å². The van der Waals surface area contributed by atoms with Crippen molar-refractivity contribution in [2.75, 3.05) is 13.1 Å². The Hall–Kier alpha value is -0.690. The minimum absolute atomic E-state index is 0.0699. The molecule has 0 atom stereocenters. The average molecular weight is 310 g/mol. The van der Waals surface area contributed by atoms with Crippen molar-refractivity contribution in [3.8, 4) is 0 Å². The first-order valence-electron chi connectivity index (χ1n) is 5.75. The molecule has 4 nitrogen and oxygen atoms in total. The number of hydrogen-bond acceptors (Lipinski definition) is 3. The second-order valence-electron chi connectivity index (χ2n) is 4.82. The van der Waals surface area contributed by atoms with E-state index in [1.54, 1.807) is 6.92 Å². The molecule has 1 aromatic rings. The molecule has 0 aliphatic heterocycles. The third-order valence-electron chi connectivity index (χ3n) is 2.43. The number of hydrogen-bond donors (Lipinski definition) is 1. The molecule has 0 bridgehead atoms. The Bertz CT molecular complexity index is 555. The second-order valence-corrected chi connectivity index (χ2v) is 7.13. The van der Waals surface area contributed by atoms with Gasteiger partial charge in [-0.15, -0.1) is 0 Å². The third-order valence-corrected chi connectivity index (χ3v) is 4.83. The van der Waals surface area contributed by atoms with Crippen molar-refractivity contribution >= 4 is 21.6 Å². The average Bonchev–Trinajstić information content (AvgIpc) is 2.23. The lowest BCUT2D eigenvalue weighted by Gasteiger charge is -2.27. The maximum atomic E-state index is 13.0. The van der Waals surface area contributed by atoms with Gasteiger partial charge in [-0.2, -0.15) is 4.31 Å². The molecule has 0 aromatic heterocycles. The first-order valence-corrected chi connectivity index (χ1v) is 7.57. The zero-order valence-electron chi connectivity index (χ0n) is 11.0. The van der Waals surface area contributed by atoms with Crippen molar-refractivity contribution in [3.63, 3.8) is 0 Å². The SMILES string of the molecule is CCN(CC(C)(C)O)S(=O)(=O)c1ccc(F)cc1Cl. The van der Waals surface area contributed by atoms with E-state index in [-0.39, 0.29) is 23.0 Å². The maximum absolute atomic E-state index is 13.0. The monoisotopic (exact) mass is 309 g/mol. The molecule has 19 heavy (non-hydrogen) atoms. The molecular formula is C12H17ClFNO3S. The Kier molecular flexibility index (Phi) is 4.95. The molecule has 0 aliphatic rings. The van der Waals surface area contributed by atoms with Gasteiger partial charge >= 0.3 is 0 Å². The molecule has 0 radical (unpaired) electrons. The van der Waals surface area contributed by atoms with Crippen LogP contribution in [-0.2, 0) is 10.0 Å². The minimum Gasteiger partial charge on any atom is -0.389 e. The molecule has 7 heteroatoms. The van der Waals surface area contributed by atoms with Gasteiger partial charge in [0.05, 0.1) is 10.6 Å². The van der Waals surface area contributed by atoms with E-state index in [0.717, 1.165) is 22.5 Å². The molecule has 108 valence electrons. The van der Waals surface area contributed by atoms with Crippen LogP contribution in [-0.4, -0.2) is 36.5 Å². The van der Waals surface area contributed by atoms with Gasteiger partial charge in [-0.1, -0.05) is 18.5 Å². The number of sulfonamides is 1. The lowest BCUT2D eigenvalue weighted by atomic mass is 10.1. The number of rotatable bonds is 5.